The average molecular weight is 335 g/mol. The zero-order chi connectivity index (χ0) is 16.6. The number of benzene rings is 1. The van der Waals surface area contributed by atoms with Gasteiger partial charge in [0, 0.05) is 19.3 Å². The van der Waals surface area contributed by atoms with Gasteiger partial charge in [0.2, 0.25) is 0 Å². The minimum Gasteiger partial charge on any atom is -0.334 e. The lowest BCUT2D eigenvalue weighted by Crippen LogP contribution is -2.57. The van der Waals surface area contributed by atoms with Gasteiger partial charge in [-0.25, -0.2) is 17.8 Å². The molecule has 1 aliphatic heterocycles. The highest BCUT2D eigenvalue weighted by molar-refractivity contribution is 7.92. The number of likely N-dealkylation sites (tertiary alicyclic amines) is 1. The van der Waals surface area contributed by atoms with E-state index in [1.165, 1.54) is 29.4 Å². The van der Waals surface area contributed by atoms with Crippen molar-refractivity contribution in [1.29, 1.82) is 0 Å². The molecule has 0 spiro atoms. The van der Waals surface area contributed by atoms with Crippen LogP contribution in [0.15, 0.2) is 41.6 Å². The number of carbonyl (C=O) groups excluding carboxylic acids is 1. The molecule has 120 valence electrons. The van der Waals surface area contributed by atoms with Crippen LogP contribution in [0.5, 0.6) is 0 Å². The Morgan fingerprint density at radius 2 is 1.83 bits per heavy atom. The van der Waals surface area contributed by atoms with Crippen LogP contribution in [0.3, 0.4) is 0 Å². The number of halogens is 1. The first-order chi connectivity index (χ1) is 10.9. The molecule has 3 rings (SSSR count). The van der Waals surface area contributed by atoms with E-state index in [1.807, 2.05) is 0 Å². The van der Waals surface area contributed by atoms with E-state index in [4.69, 9.17) is 0 Å². The van der Waals surface area contributed by atoms with Crippen LogP contribution in [0.25, 0.3) is 0 Å². The normalized spacial score (nSPS) is 15.3. The molecule has 2 aromatic rings. The maximum Gasteiger partial charge on any atom is 0.274 e. The van der Waals surface area contributed by atoms with Crippen LogP contribution in [0.1, 0.15) is 16.2 Å². The van der Waals surface area contributed by atoms with E-state index in [-0.39, 0.29) is 29.6 Å². The summed E-state index contributed by atoms with van der Waals surface area (Å²) < 4.78 is 37.7. The fourth-order valence-corrected chi connectivity index (χ4v) is 3.93. The van der Waals surface area contributed by atoms with Crippen molar-refractivity contribution in [2.24, 2.45) is 0 Å². The molecule has 1 saturated heterocycles. The monoisotopic (exact) mass is 335 g/mol. The second-order valence-electron chi connectivity index (χ2n) is 5.37. The molecule has 2 heterocycles. The van der Waals surface area contributed by atoms with Crippen LogP contribution in [0.4, 0.5) is 4.39 Å². The molecule has 1 aromatic heterocycles. The predicted molar refractivity (Wildman–Crippen MR) is 80.0 cm³/mol. The summed E-state index contributed by atoms with van der Waals surface area (Å²) in [4.78, 5) is 21.6. The van der Waals surface area contributed by atoms with E-state index in [0.29, 0.717) is 5.69 Å². The first kappa shape index (κ1) is 15.5. The summed E-state index contributed by atoms with van der Waals surface area (Å²) in [6, 6.07) is 4.69. The van der Waals surface area contributed by atoms with Crippen LogP contribution in [-0.2, 0) is 9.84 Å². The fourth-order valence-electron chi connectivity index (χ4n) is 2.28. The standard InChI is InChI=1S/C15H14FN3O3S/c1-10-6-18-14(7-17-10)15(20)19-8-13(9-19)23(21,22)12-4-2-11(16)3-5-12/h2-7,13H,8-9H2,1H3. The van der Waals surface area contributed by atoms with Crippen molar-refractivity contribution < 1.29 is 17.6 Å². The van der Waals surface area contributed by atoms with Gasteiger partial charge in [-0.15, -0.1) is 0 Å². The molecule has 1 aromatic carbocycles. The lowest BCUT2D eigenvalue weighted by Gasteiger charge is -2.38. The molecule has 0 radical (unpaired) electrons. The van der Waals surface area contributed by atoms with Gasteiger partial charge in [-0.2, -0.15) is 0 Å². The van der Waals surface area contributed by atoms with Crippen LogP contribution in [0, 0.1) is 12.7 Å². The topological polar surface area (TPSA) is 80.2 Å². The molecule has 8 heteroatoms. The SMILES string of the molecule is Cc1cnc(C(=O)N2CC(S(=O)(=O)c3ccc(F)cc3)C2)cn1. The summed E-state index contributed by atoms with van der Waals surface area (Å²) in [5.74, 6) is -0.838. The van der Waals surface area contributed by atoms with Crippen LogP contribution < -0.4 is 0 Å². The van der Waals surface area contributed by atoms with Crippen molar-refractivity contribution in [3.05, 3.63) is 53.9 Å². The third kappa shape index (κ3) is 2.94. The number of hydrogen-bond donors (Lipinski definition) is 0. The van der Waals surface area contributed by atoms with E-state index in [0.717, 1.165) is 12.1 Å². The summed E-state index contributed by atoms with van der Waals surface area (Å²) >= 11 is 0. The van der Waals surface area contributed by atoms with Crippen LogP contribution in [-0.4, -0.2) is 47.5 Å². The van der Waals surface area contributed by atoms with Gasteiger partial charge < -0.3 is 4.90 Å². The Morgan fingerprint density at radius 3 is 2.39 bits per heavy atom. The molecule has 1 aliphatic rings. The summed E-state index contributed by atoms with van der Waals surface area (Å²) in [6.07, 6.45) is 2.86. The maximum atomic E-state index is 12.9. The number of sulfone groups is 1. The fraction of sp³-hybridized carbons (Fsp3) is 0.267. The van der Waals surface area contributed by atoms with Gasteiger partial charge in [-0.05, 0) is 31.2 Å². The third-order valence-corrected chi connectivity index (χ3v) is 5.82. The van der Waals surface area contributed by atoms with E-state index < -0.39 is 20.9 Å². The first-order valence-electron chi connectivity index (χ1n) is 6.95. The van der Waals surface area contributed by atoms with Gasteiger partial charge in [0.1, 0.15) is 16.8 Å². The van der Waals surface area contributed by atoms with Crippen molar-refractivity contribution >= 4 is 15.7 Å². The van der Waals surface area contributed by atoms with E-state index in [2.05, 4.69) is 9.97 Å². The number of hydrogen-bond acceptors (Lipinski definition) is 5. The average Bonchev–Trinajstić information content (AvgIpc) is 2.46. The van der Waals surface area contributed by atoms with Crippen molar-refractivity contribution in [2.45, 2.75) is 17.1 Å². The second kappa shape index (κ2) is 5.69. The summed E-state index contributed by atoms with van der Waals surface area (Å²) in [6.45, 7) is 1.94. The van der Waals surface area contributed by atoms with Gasteiger partial charge in [0.15, 0.2) is 9.84 Å². The van der Waals surface area contributed by atoms with E-state index >= 15 is 0 Å². The molecule has 23 heavy (non-hydrogen) atoms. The summed E-state index contributed by atoms with van der Waals surface area (Å²) in [5.41, 5.74) is 0.884. The number of aryl methyl sites for hydroxylation is 1. The quantitative estimate of drug-likeness (QED) is 0.788. The van der Waals surface area contributed by atoms with Crippen LogP contribution in [0.2, 0.25) is 0 Å². The summed E-state index contributed by atoms with van der Waals surface area (Å²) in [5, 5.41) is -0.685. The highest BCUT2D eigenvalue weighted by Gasteiger charge is 2.41. The molecule has 1 fully saturated rings. The van der Waals surface area contributed by atoms with Gasteiger partial charge in [0.25, 0.3) is 5.91 Å². The Kier molecular flexibility index (Phi) is 3.85. The van der Waals surface area contributed by atoms with Crippen molar-refractivity contribution in [3.63, 3.8) is 0 Å². The number of carbonyl (C=O) groups is 1. The number of aromatic nitrogens is 2. The molecule has 0 saturated carbocycles. The molecule has 0 atom stereocenters. The first-order valence-corrected chi connectivity index (χ1v) is 8.50. The zero-order valence-corrected chi connectivity index (χ0v) is 13.1. The molecule has 0 aliphatic carbocycles. The predicted octanol–water partition coefficient (Wildman–Crippen LogP) is 1.22. The Labute approximate surface area is 132 Å². The number of nitrogens with zero attached hydrogens (tertiary/aromatic N) is 3. The Balaban J connectivity index is 1.69. The minimum atomic E-state index is -3.57. The molecular weight excluding hydrogens is 321 g/mol. The zero-order valence-electron chi connectivity index (χ0n) is 12.3. The summed E-state index contributed by atoms with van der Waals surface area (Å²) in [7, 11) is -3.57. The molecule has 0 N–H and O–H groups in total. The van der Waals surface area contributed by atoms with Gasteiger partial charge in [-0.3, -0.25) is 9.78 Å². The molecule has 1 amide bonds. The highest BCUT2D eigenvalue weighted by Crippen LogP contribution is 2.24. The third-order valence-electron chi connectivity index (χ3n) is 3.72. The maximum absolute atomic E-state index is 12.9. The second-order valence-corrected chi connectivity index (χ2v) is 7.60. The Hall–Kier alpha value is -2.35. The van der Waals surface area contributed by atoms with E-state index in [9.17, 15) is 17.6 Å². The van der Waals surface area contributed by atoms with Gasteiger partial charge >= 0.3 is 0 Å². The lowest BCUT2D eigenvalue weighted by atomic mass is 10.2. The van der Waals surface area contributed by atoms with Crippen molar-refractivity contribution in [3.8, 4) is 0 Å². The smallest absolute Gasteiger partial charge is 0.274 e. The lowest BCUT2D eigenvalue weighted by molar-refractivity contribution is 0.0652. The number of amides is 1. The Morgan fingerprint density at radius 1 is 1.17 bits per heavy atom. The molecule has 0 unspecified atom stereocenters. The van der Waals surface area contributed by atoms with Gasteiger partial charge in [0.05, 0.1) is 16.8 Å². The highest BCUT2D eigenvalue weighted by atomic mass is 32.2. The van der Waals surface area contributed by atoms with Gasteiger partial charge in [-0.1, -0.05) is 0 Å². The minimum absolute atomic E-state index is 0.0612. The van der Waals surface area contributed by atoms with Crippen LogP contribution >= 0.6 is 0 Å². The van der Waals surface area contributed by atoms with Crippen molar-refractivity contribution in [2.75, 3.05) is 13.1 Å². The van der Waals surface area contributed by atoms with Crippen molar-refractivity contribution in [1.82, 2.24) is 14.9 Å². The molecule has 0 bridgehead atoms. The molecular formula is C15H14FN3O3S. The Bertz CT molecular complexity index is 829. The largest absolute Gasteiger partial charge is 0.334 e. The number of rotatable bonds is 3. The van der Waals surface area contributed by atoms with E-state index in [1.54, 1.807) is 6.92 Å². The molecule has 6 nitrogen and oxygen atoms in total.